The van der Waals surface area contributed by atoms with Crippen molar-refractivity contribution in [2.24, 2.45) is 5.73 Å². The predicted octanol–water partition coefficient (Wildman–Crippen LogP) is 6.38. The van der Waals surface area contributed by atoms with E-state index < -0.39 is 16.9 Å². The first-order valence-corrected chi connectivity index (χ1v) is 12.8. The monoisotopic (exact) mass is 514 g/mol. The summed E-state index contributed by atoms with van der Waals surface area (Å²) in [6.07, 6.45) is 0. The molecule has 0 radical (unpaired) electrons. The minimum absolute atomic E-state index is 0.357. The zero-order valence-electron chi connectivity index (χ0n) is 21.4. The Bertz CT molecular complexity index is 1530. The van der Waals surface area contributed by atoms with Crippen LogP contribution in [0.3, 0.4) is 0 Å². The molecule has 5 aromatic carbocycles. The van der Waals surface area contributed by atoms with Crippen molar-refractivity contribution < 1.29 is 13.9 Å². The maximum Gasteiger partial charge on any atom is 0.257 e. The van der Waals surface area contributed by atoms with Crippen LogP contribution in [-0.4, -0.2) is 13.0 Å². The fourth-order valence-electron chi connectivity index (χ4n) is 5.81. The molecule has 39 heavy (non-hydrogen) atoms. The Labute approximate surface area is 227 Å². The van der Waals surface area contributed by atoms with E-state index in [1.165, 1.54) is 12.1 Å². The van der Waals surface area contributed by atoms with Crippen molar-refractivity contribution >= 4 is 11.6 Å². The van der Waals surface area contributed by atoms with Gasteiger partial charge in [0.25, 0.3) is 5.91 Å². The number of amides is 1. The van der Waals surface area contributed by atoms with Gasteiger partial charge in [0.2, 0.25) is 0 Å². The molecule has 6 rings (SSSR count). The lowest BCUT2D eigenvalue weighted by Crippen LogP contribution is -2.56. The van der Waals surface area contributed by atoms with Gasteiger partial charge in [0.05, 0.1) is 12.8 Å². The first-order valence-electron chi connectivity index (χ1n) is 12.8. The van der Waals surface area contributed by atoms with E-state index in [1.807, 2.05) is 91.0 Å². The number of anilines is 1. The van der Waals surface area contributed by atoms with Crippen molar-refractivity contribution in [3.63, 3.8) is 0 Å². The van der Waals surface area contributed by atoms with E-state index >= 15 is 0 Å². The third-order valence-electron chi connectivity index (χ3n) is 7.62. The van der Waals surface area contributed by atoms with Crippen LogP contribution < -0.4 is 15.4 Å². The highest BCUT2D eigenvalue weighted by Gasteiger charge is 2.57. The van der Waals surface area contributed by atoms with Gasteiger partial charge in [-0.25, -0.2) is 4.39 Å². The smallest absolute Gasteiger partial charge is 0.257 e. The number of carbonyl (C=O) groups is 1. The SMILES string of the molecule is COc1ccc([C@]2(N)C(=O)N(C(c3ccccc3)(c3ccccc3)c3ccccc3)c3ccc(F)cc32)cc1. The van der Waals surface area contributed by atoms with Crippen molar-refractivity contribution in [3.8, 4) is 5.75 Å². The van der Waals surface area contributed by atoms with Gasteiger partial charge in [-0.1, -0.05) is 103 Å². The molecule has 0 saturated heterocycles. The Kier molecular flexibility index (Phi) is 6.01. The Hall–Kier alpha value is -4.74. The summed E-state index contributed by atoms with van der Waals surface area (Å²) in [5.41, 5.74) is 8.54. The molecular formula is C34H27FN2O2. The third-order valence-corrected chi connectivity index (χ3v) is 7.62. The number of ether oxygens (including phenoxy) is 1. The van der Waals surface area contributed by atoms with Crippen LogP contribution in [0.2, 0.25) is 0 Å². The van der Waals surface area contributed by atoms with Crippen LogP contribution in [0.25, 0.3) is 0 Å². The van der Waals surface area contributed by atoms with E-state index in [1.54, 1.807) is 42.3 Å². The second kappa shape index (κ2) is 9.53. The van der Waals surface area contributed by atoms with Gasteiger partial charge in [-0.15, -0.1) is 0 Å². The molecule has 1 atom stereocenters. The second-order valence-electron chi connectivity index (χ2n) is 9.65. The normalized spacial score (nSPS) is 16.7. The highest BCUT2D eigenvalue weighted by molar-refractivity contribution is 6.12. The Morgan fingerprint density at radius 3 is 1.67 bits per heavy atom. The molecule has 192 valence electrons. The molecule has 0 bridgehead atoms. The predicted molar refractivity (Wildman–Crippen MR) is 151 cm³/mol. The number of rotatable bonds is 6. The molecule has 0 saturated carbocycles. The summed E-state index contributed by atoms with van der Waals surface area (Å²) in [6, 6.07) is 41.2. The highest BCUT2D eigenvalue weighted by atomic mass is 19.1. The lowest BCUT2D eigenvalue weighted by Gasteiger charge is -2.44. The van der Waals surface area contributed by atoms with Gasteiger partial charge < -0.3 is 10.5 Å². The molecule has 0 fully saturated rings. The van der Waals surface area contributed by atoms with Gasteiger partial charge in [0.1, 0.15) is 22.6 Å². The average molecular weight is 515 g/mol. The number of benzene rings is 5. The average Bonchev–Trinajstić information content (AvgIpc) is 3.22. The number of nitrogens with zero attached hydrogens (tertiary/aromatic N) is 1. The third kappa shape index (κ3) is 3.66. The van der Waals surface area contributed by atoms with Gasteiger partial charge in [-0.05, 0) is 52.6 Å². The van der Waals surface area contributed by atoms with Crippen LogP contribution in [0.4, 0.5) is 10.1 Å². The summed E-state index contributed by atoms with van der Waals surface area (Å²) < 4.78 is 20.2. The molecule has 1 heterocycles. The molecule has 1 aliphatic rings. The number of hydrogen-bond donors (Lipinski definition) is 1. The molecule has 0 aliphatic carbocycles. The van der Waals surface area contributed by atoms with Crippen LogP contribution in [0.1, 0.15) is 27.8 Å². The summed E-state index contributed by atoms with van der Waals surface area (Å²) in [6.45, 7) is 0. The second-order valence-corrected chi connectivity index (χ2v) is 9.65. The van der Waals surface area contributed by atoms with Crippen molar-refractivity contribution in [2.75, 3.05) is 12.0 Å². The standard InChI is InChI=1S/C34H27FN2O2/c1-39-29-20-17-24(18-21-29)33(36)30-23-28(35)19-22-31(30)37(32(33)38)34(25-11-5-2-6-12-25,26-13-7-3-8-14-26)27-15-9-4-10-16-27/h2-23H,36H2,1H3/t33-/m1/s1. The first-order chi connectivity index (χ1) is 19.0. The molecule has 1 aliphatic heterocycles. The fourth-order valence-corrected chi connectivity index (χ4v) is 5.81. The summed E-state index contributed by atoms with van der Waals surface area (Å²) >= 11 is 0. The highest BCUT2D eigenvalue weighted by Crippen LogP contribution is 2.53. The van der Waals surface area contributed by atoms with Gasteiger partial charge in [0.15, 0.2) is 0 Å². The summed E-state index contributed by atoms with van der Waals surface area (Å²) in [7, 11) is 1.58. The molecular weight excluding hydrogens is 487 g/mol. The van der Waals surface area contributed by atoms with Gasteiger partial charge >= 0.3 is 0 Å². The quantitative estimate of drug-likeness (QED) is 0.268. The van der Waals surface area contributed by atoms with Gasteiger partial charge in [-0.2, -0.15) is 0 Å². The van der Waals surface area contributed by atoms with Crippen molar-refractivity contribution in [2.45, 2.75) is 11.1 Å². The number of nitrogens with two attached hydrogens (primary N) is 1. The minimum atomic E-state index is -1.63. The maximum atomic E-state index is 15.0. The summed E-state index contributed by atoms with van der Waals surface area (Å²) in [5.74, 6) is -0.183. The lowest BCUT2D eigenvalue weighted by atomic mass is 9.75. The molecule has 4 nitrogen and oxygen atoms in total. The van der Waals surface area contributed by atoms with E-state index in [0.29, 0.717) is 22.6 Å². The minimum Gasteiger partial charge on any atom is -0.497 e. The van der Waals surface area contributed by atoms with Crippen molar-refractivity contribution in [1.82, 2.24) is 0 Å². The van der Waals surface area contributed by atoms with Crippen LogP contribution >= 0.6 is 0 Å². The molecule has 0 aromatic heterocycles. The van der Waals surface area contributed by atoms with Gasteiger partial charge in [0, 0.05) is 5.56 Å². The Morgan fingerprint density at radius 1 is 0.718 bits per heavy atom. The zero-order chi connectivity index (χ0) is 27.0. The number of hydrogen-bond acceptors (Lipinski definition) is 3. The summed E-state index contributed by atoms with van der Waals surface area (Å²) in [5, 5.41) is 0. The molecule has 5 heteroatoms. The van der Waals surface area contributed by atoms with Gasteiger partial charge in [-0.3, -0.25) is 9.69 Å². The lowest BCUT2D eigenvalue weighted by molar-refractivity contribution is -0.122. The topological polar surface area (TPSA) is 55.6 Å². The van der Waals surface area contributed by atoms with Crippen LogP contribution in [0.15, 0.2) is 133 Å². The van der Waals surface area contributed by atoms with Crippen molar-refractivity contribution in [3.05, 3.63) is 167 Å². The number of halogens is 1. The Morgan fingerprint density at radius 2 is 1.21 bits per heavy atom. The number of methoxy groups -OCH3 is 1. The van der Waals surface area contributed by atoms with E-state index in [2.05, 4.69) is 0 Å². The molecule has 0 spiro atoms. The first kappa shape index (κ1) is 24.6. The number of fused-ring (bicyclic) bond motifs is 1. The van der Waals surface area contributed by atoms with E-state index in [9.17, 15) is 9.18 Å². The molecule has 5 aromatic rings. The fraction of sp³-hybridized carbons (Fsp3) is 0.0882. The summed E-state index contributed by atoms with van der Waals surface area (Å²) in [4.78, 5) is 16.7. The van der Waals surface area contributed by atoms with E-state index in [0.717, 1.165) is 16.7 Å². The largest absolute Gasteiger partial charge is 0.497 e. The Balaban J connectivity index is 1.72. The van der Waals surface area contributed by atoms with E-state index in [4.69, 9.17) is 10.5 Å². The molecule has 1 amide bonds. The maximum absolute atomic E-state index is 15.0. The zero-order valence-corrected chi connectivity index (χ0v) is 21.4. The molecule has 2 N–H and O–H groups in total. The number of carbonyl (C=O) groups excluding carboxylic acids is 1. The van der Waals surface area contributed by atoms with E-state index in [-0.39, 0.29) is 5.91 Å². The van der Waals surface area contributed by atoms with Crippen LogP contribution in [-0.2, 0) is 15.9 Å². The molecule has 0 unspecified atom stereocenters. The van der Waals surface area contributed by atoms with Crippen molar-refractivity contribution in [1.29, 1.82) is 0 Å². The van der Waals surface area contributed by atoms with Crippen LogP contribution in [0, 0.1) is 5.82 Å². The van der Waals surface area contributed by atoms with Crippen LogP contribution in [0.5, 0.6) is 5.75 Å².